The van der Waals surface area contributed by atoms with Crippen LogP contribution in [0.15, 0.2) is 49.1 Å². The maximum absolute atomic E-state index is 12.6. The average Bonchev–Trinajstić information content (AvgIpc) is 3.21. The van der Waals surface area contributed by atoms with Crippen molar-refractivity contribution < 1.29 is 4.79 Å². The Morgan fingerprint density at radius 1 is 1.04 bits per heavy atom. The van der Waals surface area contributed by atoms with E-state index in [1.54, 1.807) is 24.5 Å². The standard InChI is InChI=1S/C17H18N6O/c24-17(14-3-6-18-7-4-14)22-10-5-15-19-20-16(23(15)12-11-22)13-21-8-1-2-9-21/h1-4,6-9H,5,10-13H2. The Hall–Kier alpha value is -2.96. The van der Waals surface area contributed by atoms with Crippen molar-refractivity contribution in [2.45, 2.75) is 19.5 Å². The van der Waals surface area contributed by atoms with E-state index in [-0.39, 0.29) is 5.91 Å². The molecule has 0 fully saturated rings. The molecule has 1 aliphatic rings. The molecule has 7 heteroatoms. The van der Waals surface area contributed by atoms with Gasteiger partial charge in [0.1, 0.15) is 5.82 Å². The second kappa shape index (κ2) is 6.27. The Labute approximate surface area is 139 Å². The second-order valence-corrected chi connectivity index (χ2v) is 5.82. The first-order chi connectivity index (χ1) is 11.8. The van der Waals surface area contributed by atoms with Crippen molar-refractivity contribution in [2.75, 3.05) is 13.1 Å². The van der Waals surface area contributed by atoms with Crippen LogP contribution in [0.3, 0.4) is 0 Å². The highest BCUT2D eigenvalue weighted by Gasteiger charge is 2.22. The molecule has 0 aliphatic carbocycles. The number of aromatic nitrogens is 5. The lowest BCUT2D eigenvalue weighted by atomic mass is 10.2. The van der Waals surface area contributed by atoms with Gasteiger partial charge in [0.05, 0.1) is 6.54 Å². The van der Waals surface area contributed by atoms with Gasteiger partial charge in [-0.25, -0.2) is 0 Å². The minimum atomic E-state index is 0.0445. The summed E-state index contributed by atoms with van der Waals surface area (Å²) < 4.78 is 4.21. The highest BCUT2D eigenvalue weighted by molar-refractivity contribution is 5.94. The molecule has 0 saturated heterocycles. The van der Waals surface area contributed by atoms with E-state index < -0.39 is 0 Å². The number of rotatable bonds is 3. The number of amides is 1. The van der Waals surface area contributed by atoms with E-state index in [0.717, 1.165) is 24.6 Å². The quantitative estimate of drug-likeness (QED) is 0.727. The van der Waals surface area contributed by atoms with Crippen LogP contribution >= 0.6 is 0 Å². The normalized spacial score (nSPS) is 14.2. The molecule has 122 valence electrons. The van der Waals surface area contributed by atoms with E-state index in [0.29, 0.717) is 25.2 Å². The Bertz CT molecular complexity index is 824. The van der Waals surface area contributed by atoms with E-state index in [1.165, 1.54) is 0 Å². The van der Waals surface area contributed by atoms with Crippen LogP contribution in [0.2, 0.25) is 0 Å². The number of carbonyl (C=O) groups excluding carboxylic acids is 1. The van der Waals surface area contributed by atoms with Crippen LogP contribution in [0.25, 0.3) is 0 Å². The molecule has 24 heavy (non-hydrogen) atoms. The van der Waals surface area contributed by atoms with E-state index in [4.69, 9.17) is 0 Å². The molecule has 4 heterocycles. The fourth-order valence-corrected chi connectivity index (χ4v) is 3.02. The molecule has 7 nitrogen and oxygen atoms in total. The molecule has 0 aromatic carbocycles. The Balaban J connectivity index is 1.50. The number of hydrogen-bond acceptors (Lipinski definition) is 4. The molecule has 0 atom stereocenters. The summed E-state index contributed by atoms with van der Waals surface area (Å²) in [4.78, 5) is 18.5. The van der Waals surface area contributed by atoms with Crippen molar-refractivity contribution in [3.8, 4) is 0 Å². The molecule has 1 aliphatic heterocycles. The topological polar surface area (TPSA) is 68.8 Å². The van der Waals surface area contributed by atoms with Crippen LogP contribution in [-0.2, 0) is 19.5 Å². The van der Waals surface area contributed by atoms with E-state index in [1.807, 2.05) is 29.4 Å². The molecule has 0 radical (unpaired) electrons. The van der Waals surface area contributed by atoms with E-state index >= 15 is 0 Å². The summed E-state index contributed by atoms with van der Waals surface area (Å²) in [5.41, 5.74) is 0.676. The highest BCUT2D eigenvalue weighted by atomic mass is 16.2. The monoisotopic (exact) mass is 322 g/mol. The van der Waals surface area contributed by atoms with Crippen LogP contribution in [0.4, 0.5) is 0 Å². The SMILES string of the molecule is O=C(c1ccncc1)N1CCc2nnc(Cn3cccc3)n2CC1. The largest absolute Gasteiger partial charge is 0.347 e. The number of hydrogen-bond donors (Lipinski definition) is 0. The zero-order valence-electron chi connectivity index (χ0n) is 13.2. The van der Waals surface area contributed by atoms with Crippen molar-refractivity contribution in [3.63, 3.8) is 0 Å². The molecule has 3 aromatic heterocycles. The number of carbonyl (C=O) groups is 1. The first-order valence-electron chi connectivity index (χ1n) is 8.02. The molecule has 4 rings (SSSR count). The fourth-order valence-electron chi connectivity index (χ4n) is 3.02. The highest BCUT2D eigenvalue weighted by Crippen LogP contribution is 2.13. The van der Waals surface area contributed by atoms with Crippen LogP contribution in [0.1, 0.15) is 22.0 Å². The summed E-state index contributed by atoms with van der Waals surface area (Å²) in [6.07, 6.45) is 8.04. The minimum absolute atomic E-state index is 0.0445. The molecule has 3 aromatic rings. The third kappa shape index (κ3) is 2.80. The molecule has 0 spiro atoms. The number of pyridine rings is 1. The molecule has 0 N–H and O–H groups in total. The second-order valence-electron chi connectivity index (χ2n) is 5.82. The lowest BCUT2D eigenvalue weighted by Crippen LogP contribution is -2.33. The van der Waals surface area contributed by atoms with Gasteiger partial charge in [0.25, 0.3) is 5.91 Å². The maximum atomic E-state index is 12.6. The Morgan fingerprint density at radius 2 is 1.83 bits per heavy atom. The summed E-state index contributed by atoms with van der Waals surface area (Å²) in [6.45, 7) is 2.72. The Kier molecular flexibility index (Phi) is 3.82. The molecular weight excluding hydrogens is 304 g/mol. The van der Waals surface area contributed by atoms with Gasteiger partial charge in [-0.1, -0.05) is 0 Å². The van der Waals surface area contributed by atoms with Gasteiger partial charge in [-0.15, -0.1) is 10.2 Å². The third-order valence-corrected chi connectivity index (χ3v) is 4.31. The van der Waals surface area contributed by atoms with Crippen LogP contribution in [-0.4, -0.2) is 48.2 Å². The van der Waals surface area contributed by atoms with Crippen molar-refractivity contribution in [3.05, 3.63) is 66.3 Å². The van der Waals surface area contributed by atoms with Crippen LogP contribution in [0.5, 0.6) is 0 Å². The number of fused-ring (bicyclic) bond motifs is 1. The predicted octanol–water partition coefficient (Wildman–Crippen LogP) is 1.22. The zero-order chi connectivity index (χ0) is 16.4. The lowest BCUT2D eigenvalue weighted by Gasteiger charge is -2.20. The predicted molar refractivity (Wildman–Crippen MR) is 87.4 cm³/mol. The van der Waals surface area contributed by atoms with Gasteiger partial charge in [0.2, 0.25) is 0 Å². The summed E-state index contributed by atoms with van der Waals surface area (Å²) >= 11 is 0. The van der Waals surface area contributed by atoms with Crippen molar-refractivity contribution >= 4 is 5.91 Å². The smallest absolute Gasteiger partial charge is 0.254 e. The molecule has 0 saturated carbocycles. The van der Waals surface area contributed by atoms with Gasteiger partial charge in [0.15, 0.2) is 5.82 Å². The van der Waals surface area contributed by atoms with Crippen molar-refractivity contribution in [1.82, 2.24) is 29.2 Å². The summed E-state index contributed by atoms with van der Waals surface area (Å²) in [5.74, 6) is 1.92. The van der Waals surface area contributed by atoms with Gasteiger partial charge < -0.3 is 14.0 Å². The third-order valence-electron chi connectivity index (χ3n) is 4.31. The molecular formula is C17H18N6O. The van der Waals surface area contributed by atoms with Gasteiger partial charge in [-0.2, -0.15) is 0 Å². The van der Waals surface area contributed by atoms with Gasteiger partial charge in [0, 0.05) is 56.4 Å². The fraction of sp³-hybridized carbons (Fsp3) is 0.294. The molecule has 0 bridgehead atoms. The van der Waals surface area contributed by atoms with Crippen molar-refractivity contribution in [2.24, 2.45) is 0 Å². The maximum Gasteiger partial charge on any atom is 0.254 e. The first kappa shape index (κ1) is 14.6. The van der Waals surface area contributed by atoms with Crippen molar-refractivity contribution in [1.29, 1.82) is 0 Å². The summed E-state index contributed by atoms with van der Waals surface area (Å²) in [5, 5.41) is 8.64. The average molecular weight is 322 g/mol. The zero-order valence-corrected chi connectivity index (χ0v) is 13.2. The molecule has 0 unspecified atom stereocenters. The Morgan fingerprint density at radius 3 is 2.62 bits per heavy atom. The van der Waals surface area contributed by atoms with Gasteiger partial charge in [-0.05, 0) is 24.3 Å². The first-order valence-corrected chi connectivity index (χ1v) is 8.02. The van der Waals surface area contributed by atoms with Crippen LogP contribution in [0, 0.1) is 0 Å². The van der Waals surface area contributed by atoms with E-state index in [2.05, 4.69) is 24.3 Å². The summed E-state index contributed by atoms with van der Waals surface area (Å²) in [7, 11) is 0. The minimum Gasteiger partial charge on any atom is -0.347 e. The van der Waals surface area contributed by atoms with Gasteiger partial charge in [-0.3, -0.25) is 9.78 Å². The van der Waals surface area contributed by atoms with Crippen LogP contribution < -0.4 is 0 Å². The molecule has 1 amide bonds. The van der Waals surface area contributed by atoms with Gasteiger partial charge >= 0.3 is 0 Å². The lowest BCUT2D eigenvalue weighted by molar-refractivity contribution is 0.0758. The van der Waals surface area contributed by atoms with E-state index in [9.17, 15) is 4.79 Å². The number of nitrogens with zero attached hydrogens (tertiary/aromatic N) is 6. The summed E-state index contributed by atoms with van der Waals surface area (Å²) in [6, 6.07) is 7.50.